The molecule has 5 aromatic rings. The van der Waals surface area contributed by atoms with Crippen LogP contribution in [-0.2, 0) is 17.9 Å². The maximum absolute atomic E-state index is 12.0. The van der Waals surface area contributed by atoms with Crippen molar-refractivity contribution >= 4 is 38.8 Å². The number of nitrogens with zero attached hydrogens (tertiary/aromatic N) is 6. The Kier molecular flexibility index (Phi) is 3.91. The number of carbonyl (C=O) groups is 1. The van der Waals surface area contributed by atoms with E-state index in [1.807, 2.05) is 22.5 Å². The van der Waals surface area contributed by atoms with Gasteiger partial charge in [-0.2, -0.15) is 5.10 Å². The van der Waals surface area contributed by atoms with E-state index in [1.165, 1.54) is 10.3 Å². The molecule has 0 atom stereocenters. The first-order chi connectivity index (χ1) is 14.7. The van der Waals surface area contributed by atoms with Crippen LogP contribution in [0.3, 0.4) is 0 Å². The third kappa shape index (κ3) is 3.24. The summed E-state index contributed by atoms with van der Waals surface area (Å²) >= 11 is 1.64. The van der Waals surface area contributed by atoms with E-state index >= 15 is 0 Å². The largest absolute Gasteiger partial charge is 0.352 e. The zero-order valence-corrected chi connectivity index (χ0v) is 16.8. The third-order valence-electron chi connectivity index (χ3n) is 5.16. The summed E-state index contributed by atoms with van der Waals surface area (Å²) in [5, 5.41) is 10.5. The molecule has 0 spiro atoms. The van der Waals surface area contributed by atoms with Gasteiger partial charge in [-0.15, -0.1) is 11.3 Å². The Hall–Kier alpha value is -3.53. The molecule has 150 valence electrons. The molecule has 0 aliphatic heterocycles. The molecule has 10 heteroatoms. The van der Waals surface area contributed by atoms with Crippen molar-refractivity contribution in [1.82, 2.24) is 39.8 Å². The zero-order chi connectivity index (χ0) is 20.1. The van der Waals surface area contributed by atoms with Crippen LogP contribution in [0.15, 0.2) is 42.3 Å². The summed E-state index contributed by atoms with van der Waals surface area (Å²) in [5.74, 6) is -0.0105. The number of nitrogens with one attached hydrogen (secondary N) is 2. The Morgan fingerprint density at radius 1 is 1.27 bits per heavy atom. The number of rotatable bonds is 6. The number of fused-ring (bicyclic) bond motifs is 2. The predicted octanol–water partition coefficient (Wildman–Crippen LogP) is 2.56. The minimum Gasteiger partial charge on any atom is -0.352 e. The van der Waals surface area contributed by atoms with Gasteiger partial charge in [0.05, 0.1) is 40.4 Å². The fourth-order valence-electron chi connectivity index (χ4n) is 3.44. The van der Waals surface area contributed by atoms with Gasteiger partial charge in [0.2, 0.25) is 5.91 Å². The first-order valence-corrected chi connectivity index (χ1v) is 10.6. The van der Waals surface area contributed by atoms with Gasteiger partial charge in [-0.25, -0.2) is 15.0 Å². The van der Waals surface area contributed by atoms with E-state index in [9.17, 15) is 4.79 Å². The van der Waals surface area contributed by atoms with E-state index in [4.69, 9.17) is 4.98 Å². The molecule has 0 unspecified atom stereocenters. The Balaban J connectivity index is 1.22. The summed E-state index contributed by atoms with van der Waals surface area (Å²) in [7, 11) is 0. The van der Waals surface area contributed by atoms with Crippen LogP contribution in [0.25, 0.3) is 32.8 Å². The average Bonchev–Trinajstić information content (AvgIpc) is 3.22. The second-order valence-electron chi connectivity index (χ2n) is 7.55. The van der Waals surface area contributed by atoms with Gasteiger partial charge >= 0.3 is 0 Å². The third-order valence-corrected chi connectivity index (χ3v) is 5.96. The lowest BCUT2D eigenvalue weighted by atomic mass is 10.2. The standard InChI is InChI=1S/C20H18N8OS/c29-18(24-14-2-3-14)10-27-9-13(6-23-27)16-7-21-19-20(25-16)28(26-19)8-12-1-4-15-17(5-12)30-11-22-15/h1,4-7,9,11,14H,2-3,8,10H2,(H,21,26)(H,24,29). The monoisotopic (exact) mass is 418 g/mol. The van der Waals surface area contributed by atoms with E-state index < -0.39 is 0 Å². The molecule has 1 amide bonds. The van der Waals surface area contributed by atoms with Gasteiger partial charge in [-0.3, -0.25) is 19.3 Å². The van der Waals surface area contributed by atoms with Gasteiger partial charge in [0.15, 0.2) is 11.3 Å². The fraction of sp³-hybridized carbons (Fsp3) is 0.250. The molecule has 30 heavy (non-hydrogen) atoms. The molecule has 0 radical (unpaired) electrons. The number of benzene rings is 1. The summed E-state index contributed by atoms with van der Waals surface area (Å²) in [4.78, 5) is 25.5. The van der Waals surface area contributed by atoms with E-state index in [2.05, 4.69) is 37.6 Å². The number of hydrogen-bond acceptors (Lipinski definition) is 6. The number of aromatic amines is 1. The first kappa shape index (κ1) is 17.3. The number of thiazole rings is 1. The van der Waals surface area contributed by atoms with Gasteiger partial charge in [0.25, 0.3) is 0 Å². The highest BCUT2D eigenvalue weighted by Crippen LogP contribution is 2.23. The van der Waals surface area contributed by atoms with E-state index in [1.54, 1.807) is 28.4 Å². The number of aromatic nitrogens is 7. The van der Waals surface area contributed by atoms with Gasteiger partial charge in [0, 0.05) is 17.8 Å². The summed E-state index contributed by atoms with van der Waals surface area (Å²) < 4.78 is 4.78. The molecule has 0 saturated heterocycles. The highest BCUT2D eigenvalue weighted by atomic mass is 32.1. The van der Waals surface area contributed by atoms with E-state index in [0.717, 1.165) is 40.9 Å². The lowest BCUT2D eigenvalue weighted by Gasteiger charge is -2.15. The average molecular weight is 418 g/mol. The molecule has 1 fully saturated rings. The molecule has 1 saturated carbocycles. The van der Waals surface area contributed by atoms with Crippen LogP contribution in [0.1, 0.15) is 18.4 Å². The van der Waals surface area contributed by atoms with Crippen molar-refractivity contribution in [2.75, 3.05) is 0 Å². The predicted molar refractivity (Wildman–Crippen MR) is 113 cm³/mol. The summed E-state index contributed by atoms with van der Waals surface area (Å²) in [6.07, 6.45) is 7.41. The number of carbonyl (C=O) groups excluding carboxylic acids is 1. The highest BCUT2D eigenvalue weighted by Gasteiger charge is 2.23. The van der Waals surface area contributed by atoms with Crippen molar-refractivity contribution in [2.45, 2.75) is 32.0 Å². The lowest BCUT2D eigenvalue weighted by molar-refractivity contribution is -0.122. The molecular weight excluding hydrogens is 400 g/mol. The summed E-state index contributed by atoms with van der Waals surface area (Å²) in [5.41, 5.74) is 7.18. The van der Waals surface area contributed by atoms with Crippen molar-refractivity contribution in [1.29, 1.82) is 0 Å². The second-order valence-corrected chi connectivity index (χ2v) is 8.43. The minimum atomic E-state index is -0.0105. The quantitative estimate of drug-likeness (QED) is 0.441. The van der Waals surface area contributed by atoms with Crippen LogP contribution >= 0.6 is 11.3 Å². The number of H-pyrrole nitrogens is 1. The van der Waals surface area contributed by atoms with Crippen molar-refractivity contribution in [3.05, 3.63) is 47.9 Å². The topological polar surface area (TPSA) is 106 Å². The Labute approximate surface area is 174 Å². The van der Waals surface area contributed by atoms with Gasteiger partial charge < -0.3 is 5.32 Å². The Morgan fingerprint density at radius 2 is 2.20 bits per heavy atom. The van der Waals surface area contributed by atoms with Crippen LogP contribution < -0.4 is 5.32 Å². The van der Waals surface area contributed by atoms with E-state index in [0.29, 0.717) is 12.6 Å². The molecule has 1 aromatic carbocycles. The smallest absolute Gasteiger partial charge is 0.241 e. The SMILES string of the molecule is O=C(Cn1cc(-c2cnc3[nH]n(Cc4ccc5ncsc5c4)c3n2)cn1)NC1CC1. The number of hydrogen-bond donors (Lipinski definition) is 2. The van der Waals surface area contributed by atoms with Crippen LogP contribution in [0.4, 0.5) is 0 Å². The molecule has 2 N–H and O–H groups in total. The Bertz CT molecular complexity index is 1370. The van der Waals surface area contributed by atoms with Crippen molar-refractivity contribution in [2.24, 2.45) is 0 Å². The molecule has 4 aromatic heterocycles. The van der Waals surface area contributed by atoms with Crippen LogP contribution in [0.2, 0.25) is 0 Å². The van der Waals surface area contributed by atoms with Gasteiger partial charge in [-0.05, 0) is 30.5 Å². The summed E-state index contributed by atoms with van der Waals surface area (Å²) in [6, 6.07) is 6.62. The molecular formula is C20H18N8OS. The molecule has 0 bridgehead atoms. The normalized spacial score (nSPS) is 14.0. The van der Waals surface area contributed by atoms with Crippen LogP contribution in [0, 0.1) is 0 Å². The maximum Gasteiger partial charge on any atom is 0.241 e. The Morgan fingerprint density at radius 3 is 3.10 bits per heavy atom. The van der Waals surface area contributed by atoms with Gasteiger partial charge in [0.1, 0.15) is 6.54 Å². The molecule has 6 rings (SSSR count). The summed E-state index contributed by atoms with van der Waals surface area (Å²) in [6.45, 7) is 0.891. The maximum atomic E-state index is 12.0. The van der Waals surface area contributed by atoms with Crippen molar-refractivity contribution in [3.8, 4) is 11.3 Å². The van der Waals surface area contributed by atoms with Crippen LogP contribution in [-0.4, -0.2) is 46.5 Å². The minimum absolute atomic E-state index is 0.0105. The highest BCUT2D eigenvalue weighted by molar-refractivity contribution is 7.16. The molecule has 9 nitrogen and oxygen atoms in total. The first-order valence-electron chi connectivity index (χ1n) is 9.77. The fourth-order valence-corrected chi connectivity index (χ4v) is 4.18. The van der Waals surface area contributed by atoms with Gasteiger partial charge in [-0.1, -0.05) is 6.07 Å². The van der Waals surface area contributed by atoms with Crippen LogP contribution in [0.5, 0.6) is 0 Å². The molecule has 1 aliphatic carbocycles. The number of amides is 1. The molecule has 4 heterocycles. The van der Waals surface area contributed by atoms with Crippen molar-refractivity contribution in [3.63, 3.8) is 0 Å². The second kappa shape index (κ2) is 6.77. The van der Waals surface area contributed by atoms with Crippen molar-refractivity contribution < 1.29 is 4.79 Å². The molecule has 1 aliphatic rings. The lowest BCUT2D eigenvalue weighted by Crippen LogP contribution is -2.29. The zero-order valence-electron chi connectivity index (χ0n) is 15.9. The van der Waals surface area contributed by atoms with E-state index in [-0.39, 0.29) is 12.5 Å².